The molecule has 0 spiro atoms. The summed E-state index contributed by atoms with van der Waals surface area (Å²) in [5.74, 6) is -0.486. The molecule has 0 atom stereocenters. The molecule has 0 saturated carbocycles. The number of hydrogen-bond acceptors (Lipinski definition) is 6. The summed E-state index contributed by atoms with van der Waals surface area (Å²) in [7, 11) is 0. The van der Waals surface area contributed by atoms with Gasteiger partial charge in [0.25, 0.3) is 5.56 Å². The fourth-order valence-corrected chi connectivity index (χ4v) is 2.43. The third-order valence-corrected chi connectivity index (χ3v) is 4.10. The van der Waals surface area contributed by atoms with Crippen molar-refractivity contribution >= 4 is 40.3 Å². The molecule has 0 bridgehead atoms. The molecule has 10 heteroatoms. The van der Waals surface area contributed by atoms with Crippen LogP contribution in [0.1, 0.15) is 24.8 Å². The molecule has 1 saturated heterocycles. The fraction of sp³-hybridized carbons (Fsp3) is 0.389. The highest BCUT2D eigenvalue weighted by Crippen LogP contribution is 2.22. The Morgan fingerprint density at radius 1 is 1.29 bits per heavy atom. The summed E-state index contributed by atoms with van der Waals surface area (Å²) in [5, 5.41) is 2.53. The number of morpholine rings is 1. The zero-order chi connectivity index (χ0) is 32.1. The molecule has 3 aromatic rings. The van der Waals surface area contributed by atoms with Gasteiger partial charge in [0.1, 0.15) is 0 Å². The monoisotopic (exact) mass is 436 g/mol. The van der Waals surface area contributed by atoms with Gasteiger partial charge in [0.2, 0.25) is 5.95 Å². The number of anilines is 1. The number of benzene rings is 1. The first-order valence-corrected chi connectivity index (χ1v) is 8.29. The van der Waals surface area contributed by atoms with Gasteiger partial charge in [0, 0.05) is 40.7 Å². The summed E-state index contributed by atoms with van der Waals surface area (Å²) in [6.07, 6.45) is 0.594. The van der Waals surface area contributed by atoms with E-state index in [0.717, 1.165) is 0 Å². The van der Waals surface area contributed by atoms with Crippen molar-refractivity contribution in [3.63, 3.8) is 0 Å². The van der Waals surface area contributed by atoms with Gasteiger partial charge in [-0.1, -0.05) is 29.3 Å². The quantitative estimate of drug-likeness (QED) is 0.616. The molecule has 1 aromatic carbocycles. The number of H-pyrrole nitrogens is 1. The highest BCUT2D eigenvalue weighted by atomic mass is 35.5. The van der Waals surface area contributed by atoms with Crippen LogP contribution in [0.25, 0.3) is 11.2 Å². The van der Waals surface area contributed by atoms with Crippen molar-refractivity contribution in [2.24, 2.45) is 0 Å². The van der Waals surface area contributed by atoms with E-state index in [0.29, 0.717) is 6.33 Å². The Bertz CT molecular complexity index is 1580. The van der Waals surface area contributed by atoms with Crippen LogP contribution in [0.2, 0.25) is 10.0 Å². The summed E-state index contributed by atoms with van der Waals surface area (Å²) < 4.78 is 119. The van der Waals surface area contributed by atoms with E-state index in [4.69, 9.17) is 42.4 Å². The lowest BCUT2D eigenvalue weighted by atomic mass is 10.2. The molecule has 4 rings (SSSR count). The molecular weight excluding hydrogens is 403 g/mol. The number of aromatic nitrogens is 4. The first-order chi connectivity index (χ1) is 18.8. The second-order valence-corrected chi connectivity index (χ2v) is 5.98. The Balaban J connectivity index is 1.80. The molecule has 3 heterocycles. The number of ether oxygens (including phenoxy) is 1. The van der Waals surface area contributed by atoms with E-state index in [1.807, 2.05) is 0 Å². The number of aromatic amines is 1. The standard InChI is InChI=1S/C18H20Cl2N6O2/c19-13-2-1-12(9-14(13)20)10-21-18-23-16-15(17(27)24-18)26(11-22-16)4-3-25-5-7-28-8-6-25/h1-2,9,11H,3-8,10H2,(H2,21,23,24,27)/i3D2,4D2,5D2,6D2,7D2,8D2,10D2. The molecule has 1 aliphatic rings. The van der Waals surface area contributed by atoms with Crippen LogP contribution >= 0.6 is 23.2 Å². The van der Waals surface area contributed by atoms with E-state index in [2.05, 4.69) is 25.0 Å². The van der Waals surface area contributed by atoms with Crippen LogP contribution in [-0.4, -0.2) is 57.0 Å². The van der Waals surface area contributed by atoms with Crippen LogP contribution in [0, 0.1) is 0 Å². The third kappa shape index (κ3) is 4.30. The van der Waals surface area contributed by atoms with Gasteiger partial charge in [-0.2, -0.15) is 4.98 Å². The van der Waals surface area contributed by atoms with Crippen molar-refractivity contribution in [2.75, 3.05) is 37.9 Å². The van der Waals surface area contributed by atoms with Crippen molar-refractivity contribution in [1.29, 1.82) is 0 Å². The summed E-state index contributed by atoms with van der Waals surface area (Å²) in [6, 6.07) is 3.88. The second-order valence-electron chi connectivity index (χ2n) is 5.17. The molecule has 1 fully saturated rings. The third-order valence-electron chi connectivity index (χ3n) is 3.36. The molecule has 148 valence electrons. The largest absolute Gasteiger partial charge is 0.379 e. The van der Waals surface area contributed by atoms with E-state index in [1.165, 1.54) is 18.2 Å². The van der Waals surface area contributed by atoms with Crippen LogP contribution in [0.15, 0.2) is 29.3 Å². The van der Waals surface area contributed by atoms with E-state index >= 15 is 0 Å². The average Bonchev–Trinajstić information content (AvgIpc) is 3.23. The topological polar surface area (TPSA) is 88.1 Å². The predicted molar refractivity (Wildman–Crippen MR) is 109 cm³/mol. The van der Waals surface area contributed by atoms with E-state index in [9.17, 15) is 4.79 Å². The van der Waals surface area contributed by atoms with Crippen molar-refractivity contribution in [1.82, 2.24) is 24.4 Å². The molecule has 2 N–H and O–H groups in total. The molecule has 1 aliphatic heterocycles. The van der Waals surface area contributed by atoms with Crippen LogP contribution < -0.4 is 10.9 Å². The van der Waals surface area contributed by atoms with Gasteiger partial charge in [-0.05, 0) is 17.7 Å². The second kappa shape index (κ2) is 8.48. The highest BCUT2D eigenvalue weighted by Gasteiger charge is 2.14. The number of nitrogens with zero attached hydrogens (tertiary/aromatic N) is 4. The van der Waals surface area contributed by atoms with Crippen molar-refractivity contribution in [3.8, 4) is 0 Å². The molecule has 0 amide bonds. The minimum atomic E-state index is -3.94. The summed E-state index contributed by atoms with van der Waals surface area (Å²) in [4.78, 5) is 22.3. The fourth-order valence-electron chi connectivity index (χ4n) is 2.13. The number of hydrogen-bond donors (Lipinski definition) is 2. The van der Waals surface area contributed by atoms with Gasteiger partial charge >= 0.3 is 0 Å². The number of imidazole rings is 1. The SMILES string of the molecule is [2H]C([2H])(Nc1nc2ncn(C([2H])([2H])C([2H])([2H])N3C([2H])([2H])C([2H])([2H])OC([2H])([2H])C3([2H])[2H])c2c(=O)[nH]1)c1ccc(Cl)c(Cl)c1. The smallest absolute Gasteiger partial charge is 0.278 e. The summed E-state index contributed by atoms with van der Waals surface area (Å²) in [6.45, 7) is -24.9. The van der Waals surface area contributed by atoms with Gasteiger partial charge in [-0.15, -0.1) is 0 Å². The Morgan fingerprint density at radius 3 is 2.89 bits per heavy atom. The first-order valence-electron chi connectivity index (χ1n) is 14.5. The minimum Gasteiger partial charge on any atom is -0.379 e. The molecule has 2 aromatic heterocycles. The minimum absolute atomic E-state index is 0.0107. The number of fused-ring (bicyclic) bond motifs is 1. The zero-order valence-corrected chi connectivity index (χ0v) is 15.2. The van der Waals surface area contributed by atoms with Crippen molar-refractivity contribution < 1.29 is 23.9 Å². The predicted octanol–water partition coefficient (Wildman–Crippen LogP) is 2.37. The molecule has 0 unspecified atom stereocenters. The van der Waals surface area contributed by atoms with Gasteiger partial charge in [-0.3, -0.25) is 14.7 Å². The number of halogens is 2. The van der Waals surface area contributed by atoms with Gasteiger partial charge in [0.05, 0.1) is 40.5 Å². The summed E-state index contributed by atoms with van der Waals surface area (Å²) >= 11 is 11.8. The summed E-state index contributed by atoms with van der Waals surface area (Å²) in [5.41, 5.74) is -2.47. The number of aryl methyl sites for hydroxylation is 1. The molecule has 0 aliphatic carbocycles. The van der Waals surface area contributed by atoms with Crippen molar-refractivity contribution in [3.05, 3.63) is 50.5 Å². The molecule has 0 radical (unpaired) electrons. The lowest BCUT2D eigenvalue weighted by Crippen LogP contribution is -2.38. The van der Waals surface area contributed by atoms with Crippen LogP contribution in [0.4, 0.5) is 5.95 Å². The maximum Gasteiger partial charge on any atom is 0.278 e. The van der Waals surface area contributed by atoms with Crippen LogP contribution in [0.5, 0.6) is 0 Å². The molecular formula is C18H20Cl2N6O2. The normalized spacial score (nSPS) is 31.4. The van der Waals surface area contributed by atoms with Crippen molar-refractivity contribution in [2.45, 2.75) is 13.0 Å². The Labute approximate surface area is 191 Å². The lowest BCUT2D eigenvalue weighted by Gasteiger charge is -2.26. The lowest BCUT2D eigenvalue weighted by molar-refractivity contribution is 0.0365. The zero-order valence-electron chi connectivity index (χ0n) is 27.7. The maximum absolute atomic E-state index is 13.1. The highest BCUT2D eigenvalue weighted by molar-refractivity contribution is 6.42. The van der Waals surface area contributed by atoms with E-state index in [-0.39, 0.29) is 20.2 Å². The van der Waals surface area contributed by atoms with E-state index < -0.39 is 73.2 Å². The maximum atomic E-state index is 13.1. The van der Waals surface area contributed by atoms with Crippen LogP contribution in [0.3, 0.4) is 0 Å². The van der Waals surface area contributed by atoms with Gasteiger partial charge in [-0.25, -0.2) is 4.98 Å². The average molecular weight is 437 g/mol. The molecule has 28 heavy (non-hydrogen) atoms. The Hall–Kier alpha value is -2.13. The van der Waals surface area contributed by atoms with Gasteiger partial charge < -0.3 is 14.6 Å². The Morgan fingerprint density at radius 2 is 2.11 bits per heavy atom. The van der Waals surface area contributed by atoms with Crippen LogP contribution in [-0.2, 0) is 17.7 Å². The van der Waals surface area contributed by atoms with Gasteiger partial charge in [0.15, 0.2) is 11.2 Å². The number of nitrogens with one attached hydrogen (secondary N) is 2. The number of rotatable bonds is 6. The molecule has 8 nitrogen and oxygen atoms in total. The van der Waals surface area contributed by atoms with E-state index in [1.54, 1.807) is 0 Å². The Kier molecular flexibility index (Phi) is 2.64. The first kappa shape index (κ1) is 8.71.